The Bertz CT molecular complexity index is 431. The molecular weight excluding hydrogens is 246 g/mol. The van der Waals surface area contributed by atoms with Crippen molar-refractivity contribution < 1.29 is 9.90 Å². The van der Waals surface area contributed by atoms with Crippen LogP contribution in [0.15, 0.2) is 17.5 Å². The molecule has 0 aliphatic carbocycles. The molecule has 2 aliphatic heterocycles. The maximum atomic E-state index is 11.3. The lowest BCUT2D eigenvalue weighted by Crippen LogP contribution is -2.35. The van der Waals surface area contributed by atoms with Gasteiger partial charge in [0.15, 0.2) is 0 Å². The molecule has 0 spiro atoms. The highest BCUT2D eigenvalue weighted by Gasteiger charge is 2.51. The predicted molar refractivity (Wildman–Crippen MR) is 71.7 cm³/mol. The summed E-state index contributed by atoms with van der Waals surface area (Å²) in [5, 5.41) is 11.4. The molecule has 18 heavy (non-hydrogen) atoms. The van der Waals surface area contributed by atoms with E-state index in [1.165, 1.54) is 11.3 Å². The van der Waals surface area contributed by atoms with Crippen LogP contribution >= 0.6 is 11.3 Å². The molecule has 4 heteroatoms. The Labute approximate surface area is 111 Å². The summed E-state index contributed by atoms with van der Waals surface area (Å²) in [4.78, 5) is 15.2. The van der Waals surface area contributed by atoms with Gasteiger partial charge >= 0.3 is 5.97 Å². The van der Waals surface area contributed by atoms with Crippen LogP contribution in [0.5, 0.6) is 0 Å². The highest BCUT2D eigenvalue weighted by atomic mass is 32.1. The Morgan fingerprint density at radius 3 is 3.00 bits per heavy atom. The monoisotopic (exact) mass is 265 g/mol. The second kappa shape index (κ2) is 4.67. The Morgan fingerprint density at radius 2 is 2.44 bits per heavy atom. The standard InChI is InChI=1S/C14H19NO2S/c1-2-11(13-4-3-7-18-13)15-9-5-6-12(15)10(8-9)14(16)17/h3-4,7,9-12H,2,5-6,8H2,1H3,(H,16,17). The Morgan fingerprint density at radius 1 is 1.61 bits per heavy atom. The number of thiophene rings is 1. The maximum Gasteiger partial charge on any atom is 0.308 e. The second-order valence-electron chi connectivity index (χ2n) is 5.37. The summed E-state index contributed by atoms with van der Waals surface area (Å²) in [6.45, 7) is 2.21. The lowest BCUT2D eigenvalue weighted by atomic mass is 9.89. The van der Waals surface area contributed by atoms with Crippen LogP contribution in [0.2, 0.25) is 0 Å². The summed E-state index contributed by atoms with van der Waals surface area (Å²) in [6.07, 6.45) is 4.15. The largest absolute Gasteiger partial charge is 0.481 e. The van der Waals surface area contributed by atoms with Gasteiger partial charge in [-0.15, -0.1) is 11.3 Å². The van der Waals surface area contributed by atoms with E-state index in [0.717, 1.165) is 19.3 Å². The van der Waals surface area contributed by atoms with E-state index in [2.05, 4.69) is 29.3 Å². The number of nitrogens with zero attached hydrogens (tertiary/aromatic N) is 1. The van der Waals surface area contributed by atoms with E-state index in [1.54, 1.807) is 11.3 Å². The minimum atomic E-state index is -0.603. The van der Waals surface area contributed by atoms with Crippen molar-refractivity contribution in [1.82, 2.24) is 4.90 Å². The van der Waals surface area contributed by atoms with Crippen LogP contribution in [0.25, 0.3) is 0 Å². The first kappa shape index (κ1) is 12.2. The molecule has 2 bridgehead atoms. The van der Waals surface area contributed by atoms with Crippen LogP contribution in [0, 0.1) is 5.92 Å². The number of fused-ring (bicyclic) bond motifs is 2. The fraction of sp³-hybridized carbons (Fsp3) is 0.643. The molecule has 2 saturated heterocycles. The van der Waals surface area contributed by atoms with Crippen molar-refractivity contribution in [2.24, 2.45) is 5.92 Å². The summed E-state index contributed by atoms with van der Waals surface area (Å²) in [6, 6.07) is 5.45. The molecule has 0 amide bonds. The number of hydrogen-bond donors (Lipinski definition) is 1. The van der Waals surface area contributed by atoms with E-state index in [4.69, 9.17) is 0 Å². The summed E-state index contributed by atoms with van der Waals surface area (Å²) >= 11 is 1.79. The van der Waals surface area contributed by atoms with Crippen molar-refractivity contribution in [2.75, 3.05) is 0 Å². The summed E-state index contributed by atoms with van der Waals surface area (Å²) in [7, 11) is 0. The summed E-state index contributed by atoms with van der Waals surface area (Å²) in [5.41, 5.74) is 0. The van der Waals surface area contributed by atoms with Crippen LogP contribution in [0.4, 0.5) is 0 Å². The normalized spacial score (nSPS) is 32.8. The van der Waals surface area contributed by atoms with E-state index in [1.807, 2.05) is 0 Å². The lowest BCUT2D eigenvalue weighted by molar-refractivity contribution is -0.142. The third-order valence-electron chi connectivity index (χ3n) is 4.53. The van der Waals surface area contributed by atoms with Crippen LogP contribution in [-0.4, -0.2) is 28.1 Å². The van der Waals surface area contributed by atoms with Gasteiger partial charge < -0.3 is 5.11 Å². The van der Waals surface area contributed by atoms with Crippen molar-refractivity contribution in [3.63, 3.8) is 0 Å². The molecule has 2 aliphatic rings. The fourth-order valence-electron chi connectivity index (χ4n) is 3.82. The van der Waals surface area contributed by atoms with Gasteiger partial charge in [-0.2, -0.15) is 0 Å². The van der Waals surface area contributed by atoms with E-state index < -0.39 is 5.97 Å². The average molecular weight is 265 g/mol. The zero-order chi connectivity index (χ0) is 12.7. The molecule has 1 aromatic heterocycles. The first-order valence-corrected chi connectivity index (χ1v) is 7.64. The van der Waals surface area contributed by atoms with Gasteiger partial charge in [-0.25, -0.2) is 0 Å². The Kier molecular flexibility index (Phi) is 3.16. The van der Waals surface area contributed by atoms with Gasteiger partial charge in [-0.05, 0) is 37.1 Å². The fourth-order valence-corrected chi connectivity index (χ4v) is 4.74. The molecule has 1 aromatic rings. The molecule has 0 saturated carbocycles. The maximum absolute atomic E-state index is 11.3. The highest BCUT2D eigenvalue weighted by molar-refractivity contribution is 7.10. The molecule has 3 nitrogen and oxygen atoms in total. The van der Waals surface area contributed by atoms with Crippen LogP contribution < -0.4 is 0 Å². The molecule has 4 atom stereocenters. The second-order valence-corrected chi connectivity index (χ2v) is 6.34. The number of hydrogen-bond acceptors (Lipinski definition) is 3. The Balaban J connectivity index is 1.86. The molecule has 3 rings (SSSR count). The van der Waals surface area contributed by atoms with Crippen molar-refractivity contribution in [3.05, 3.63) is 22.4 Å². The summed E-state index contributed by atoms with van der Waals surface area (Å²) in [5.74, 6) is -0.744. The van der Waals surface area contributed by atoms with Crippen molar-refractivity contribution in [1.29, 1.82) is 0 Å². The van der Waals surface area contributed by atoms with Gasteiger partial charge in [0, 0.05) is 23.0 Å². The highest BCUT2D eigenvalue weighted by Crippen LogP contribution is 2.47. The molecule has 98 valence electrons. The van der Waals surface area contributed by atoms with E-state index >= 15 is 0 Å². The predicted octanol–water partition coefficient (Wildman–Crippen LogP) is 3.14. The first-order valence-electron chi connectivity index (χ1n) is 6.76. The number of carboxylic acid groups (broad SMARTS) is 1. The number of rotatable bonds is 4. The van der Waals surface area contributed by atoms with E-state index in [0.29, 0.717) is 12.1 Å². The van der Waals surface area contributed by atoms with Crippen molar-refractivity contribution in [3.8, 4) is 0 Å². The molecule has 0 aromatic carbocycles. The topological polar surface area (TPSA) is 40.5 Å². The minimum absolute atomic E-state index is 0.141. The van der Waals surface area contributed by atoms with Gasteiger partial charge in [0.2, 0.25) is 0 Å². The van der Waals surface area contributed by atoms with Crippen LogP contribution in [-0.2, 0) is 4.79 Å². The van der Waals surface area contributed by atoms with Crippen molar-refractivity contribution >= 4 is 17.3 Å². The molecule has 0 radical (unpaired) electrons. The smallest absolute Gasteiger partial charge is 0.308 e. The average Bonchev–Trinajstić information content (AvgIpc) is 3.06. The van der Waals surface area contributed by atoms with Crippen LogP contribution in [0.1, 0.15) is 43.5 Å². The van der Waals surface area contributed by atoms with Gasteiger partial charge in [0.1, 0.15) is 0 Å². The molecule has 1 N–H and O–H groups in total. The van der Waals surface area contributed by atoms with Gasteiger partial charge in [-0.3, -0.25) is 9.69 Å². The molecule has 3 heterocycles. The third-order valence-corrected chi connectivity index (χ3v) is 5.50. The molecule has 4 unspecified atom stereocenters. The first-order chi connectivity index (χ1) is 8.72. The molecule has 2 fully saturated rings. The number of carbonyl (C=O) groups is 1. The quantitative estimate of drug-likeness (QED) is 0.909. The lowest BCUT2D eigenvalue weighted by Gasteiger charge is -2.31. The zero-order valence-electron chi connectivity index (χ0n) is 10.6. The number of aliphatic carboxylic acids is 1. The number of carboxylic acids is 1. The van der Waals surface area contributed by atoms with E-state index in [9.17, 15) is 9.90 Å². The Hall–Kier alpha value is -0.870. The van der Waals surface area contributed by atoms with Gasteiger partial charge in [0.05, 0.1) is 5.92 Å². The van der Waals surface area contributed by atoms with Crippen molar-refractivity contribution in [2.45, 2.75) is 50.7 Å². The SMILES string of the molecule is CCC(c1cccs1)N1C2CCC1C(C(=O)O)C2. The molecular formula is C14H19NO2S. The zero-order valence-corrected chi connectivity index (χ0v) is 11.4. The van der Waals surface area contributed by atoms with E-state index in [-0.39, 0.29) is 12.0 Å². The summed E-state index contributed by atoms with van der Waals surface area (Å²) < 4.78 is 0. The van der Waals surface area contributed by atoms with Gasteiger partial charge in [0.25, 0.3) is 0 Å². The third kappa shape index (κ3) is 1.79. The van der Waals surface area contributed by atoms with Gasteiger partial charge in [-0.1, -0.05) is 13.0 Å². The minimum Gasteiger partial charge on any atom is -0.481 e. The van der Waals surface area contributed by atoms with Crippen LogP contribution in [0.3, 0.4) is 0 Å².